The first-order chi connectivity index (χ1) is 14.2. The zero-order valence-corrected chi connectivity index (χ0v) is 19.6. The van der Waals surface area contributed by atoms with Crippen LogP contribution in [0.15, 0.2) is 36.4 Å². The van der Waals surface area contributed by atoms with Crippen LogP contribution in [-0.4, -0.2) is 35.9 Å². The Morgan fingerprint density at radius 2 is 1.67 bits per heavy atom. The lowest BCUT2D eigenvalue weighted by molar-refractivity contribution is -0.142. The van der Waals surface area contributed by atoms with Crippen LogP contribution in [-0.2, 0) is 16.1 Å². The second-order valence-corrected chi connectivity index (χ2v) is 8.28. The number of carbonyl (C=O) groups excluding carboxylic acids is 2. The summed E-state index contributed by atoms with van der Waals surface area (Å²) in [7, 11) is 0. The lowest BCUT2D eigenvalue weighted by Crippen LogP contribution is -2.49. The second-order valence-electron chi connectivity index (χ2n) is 6.59. The third-order valence-electron chi connectivity index (χ3n) is 4.32. The fourth-order valence-electron chi connectivity index (χ4n) is 2.63. The van der Waals surface area contributed by atoms with Gasteiger partial charge in [-0.3, -0.25) is 9.59 Å². The molecule has 2 amide bonds. The number of hydrogen-bond donors (Lipinski definition) is 1. The molecule has 0 aliphatic heterocycles. The van der Waals surface area contributed by atoms with Crippen molar-refractivity contribution >= 4 is 58.2 Å². The SMILES string of the molecule is CCCNC(=O)[C@H](C)N(Cc1ccc(Cl)cc1Cl)C(=O)COc1ccc(Cl)cc1Cl. The van der Waals surface area contributed by atoms with E-state index in [-0.39, 0.29) is 24.1 Å². The predicted octanol–water partition coefficient (Wildman–Crippen LogP) is 5.62. The summed E-state index contributed by atoms with van der Waals surface area (Å²) in [5, 5.41) is 4.44. The minimum atomic E-state index is -0.736. The molecule has 0 heterocycles. The van der Waals surface area contributed by atoms with Gasteiger partial charge in [0.05, 0.1) is 5.02 Å². The predicted molar refractivity (Wildman–Crippen MR) is 122 cm³/mol. The molecular formula is C21H22Cl4N2O3. The van der Waals surface area contributed by atoms with E-state index >= 15 is 0 Å². The summed E-state index contributed by atoms with van der Waals surface area (Å²) in [4.78, 5) is 26.9. The summed E-state index contributed by atoms with van der Waals surface area (Å²) in [5.74, 6) is -0.340. The maximum absolute atomic E-state index is 13.0. The van der Waals surface area contributed by atoms with Crippen molar-refractivity contribution in [3.8, 4) is 5.75 Å². The molecule has 0 unspecified atom stereocenters. The fourth-order valence-corrected chi connectivity index (χ4v) is 3.56. The second kappa shape index (κ2) is 11.7. The maximum atomic E-state index is 13.0. The normalized spacial score (nSPS) is 11.7. The van der Waals surface area contributed by atoms with Crippen molar-refractivity contribution < 1.29 is 14.3 Å². The molecular weight excluding hydrogens is 470 g/mol. The lowest BCUT2D eigenvalue weighted by Gasteiger charge is -2.29. The molecule has 0 aliphatic carbocycles. The Hall–Kier alpha value is -1.66. The average Bonchev–Trinajstić information content (AvgIpc) is 2.70. The molecule has 1 N–H and O–H groups in total. The van der Waals surface area contributed by atoms with Crippen molar-refractivity contribution in [1.82, 2.24) is 10.2 Å². The van der Waals surface area contributed by atoms with Crippen LogP contribution in [0.1, 0.15) is 25.8 Å². The number of nitrogens with zero attached hydrogens (tertiary/aromatic N) is 1. The van der Waals surface area contributed by atoms with Crippen LogP contribution in [0.5, 0.6) is 5.75 Å². The Bertz CT molecular complexity index is 908. The van der Waals surface area contributed by atoms with Gasteiger partial charge in [0.25, 0.3) is 5.91 Å². The van der Waals surface area contributed by atoms with Crippen molar-refractivity contribution in [3.63, 3.8) is 0 Å². The molecule has 30 heavy (non-hydrogen) atoms. The highest BCUT2D eigenvalue weighted by Gasteiger charge is 2.27. The summed E-state index contributed by atoms with van der Waals surface area (Å²) in [6.45, 7) is 3.93. The topological polar surface area (TPSA) is 58.6 Å². The Kier molecular flexibility index (Phi) is 9.56. The third-order valence-corrected chi connectivity index (χ3v) is 5.43. The number of nitrogens with one attached hydrogen (secondary N) is 1. The van der Waals surface area contributed by atoms with Gasteiger partial charge in [0.2, 0.25) is 5.91 Å². The average molecular weight is 492 g/mol. The van der Waals surface area contributed by atoms with Gasteiger partial charge in [-0.2, -0.15) is 0 Å². The molecule has 2 aromatic carbocycles. The molecule has 0 aromatic heterocycles. The number of rotatable bonds is 9. The molecule has 9 heteroatoms. The van der Waals surface area contributed by atoms with Gasteiger partial charge in [0, 0.05) is 28.2 Å². The van der Waals surface area contributed by atoms with E-state index in [1.54, 1.807) is 37.3 Å². The Labute approximate surface area is 196 Å². The van der Waals surface area contributed by atoms with Crippen molar-refractivity contribution in [2.75, 3.05) is 13.2 Å². The Balaban J connectivity index is 2.19. The largest absolute Gasteiger partial charge is 0.482 e. The summed E-state index contributed by atoms with van der Waals surface area (Å²) >= 11 is 24.2. The van der Waals surface area contributed by atoms with Gasteiger partial charge in [-0.25, -0.2) is 0 Å². The van der Waals surface area contributed by atoms with Gasteiger partial charge in [0.15, 0.2) is 6.61 Å². The molecule has 0 spiro atoms. The van der Waals surface area contributed by atoms with E-state index in [1.165, 1.54) is 11.0 Å². The van der Waals surface area contributed by atoms with Gasteiger partial charge in [-0.15, -0.1) is 0 Å². The Morgan fingerprint density at radius 3 is 2.27 bits per heavy atom. The van der Waals surface area contributed by atoms with Crippen molar-refractivity contribution in [2.45, 2.75) is 32.9 Å². The molecule has 5 nitrogen and oxygen atoms in total. The molecule has 0 fully saturated rings. The highest BCUT2D eigenvalue weighted by molar-refractivity contribution is 6.35. The van der Waals surface area contributed by atoms with E-state index in [0.717, 1.165) is 6.42 Å². The number of amides is 2. The van der Waals surface area contributed by atoms with E-state index < -0.39 is 11.9 Å². The molecule has 2 aromatic rings. The fraction of sp³-hybridized carbons (Fsp3) is 0.333. The maximum Gasteiger partial charge on any atom is 0.261 e. The first-order valence-corrected chi connectivity index (χ1v) is 10.8. The lowest BCUT2D eigenvalue weighted by atomic mass is 10.1. The van der Waals surface area contributed by atoms with Crippen LogP contribution in [0, 0.1) is 0 Å². The first kappa shape index (κ1) is 24.6. The first-order valence-electron chi connectivity index (χ1n) is 9.31. The van der Waals surface area contributed by atoms with Gasteiger partial charge in [-0.05, 0) is 49.2 Å². The van der Waals surface area contributed by atoms with E-state index in [4.69, 9.17) is 51.1 Å². The molecule has 162 valence electrons. The van der Waals surface area contributed by atoms with Crippen LogP contribution in [0.25, 0.3) is 0 Å². The van der Waals surface area contributed by atoms with Crippen LogP contribution < -0.4 is 10.1 Å². The number of halogens is 4. The van der Waals surface area contributed by atoms with Crippen LogP contribution >= 0.6 is 46.4 Å². The minimum absolute atomic E-state index is 0.118. The van der Waals surface area contributed by atoms with Crippen molar-refractivity contribution in [3.05, 3.63) is 62.1 Å². The third kappa shape index (κ3) is 6.95. The zero-order valence-electron chi connectivity index (χ0n) is 16.6. The number of ether oxygens (including phenoxy) is 1. The van der Waals surface area contributed by atoms with Gasteiger partial charge >= 0.3 is 0 Å². The molecule has 2 rings (SSSR count). The Morgan fingerprint density at radius 1 is 1.03 bits per heavy atom. The molecule has 0 saturated heterocycles. The summed E-state index contributed by atoms with van der Waals surface area (Å²) in [6.07, 6.45) is 0.785. The van der Waals surface area contributed by atoms with Gasteiger partial charge < -0.3 is 15.0 Å². The summed E-state index contributed by atoms with van der Waals surface area (Å²) in [5.41, 5.74) is 0.661. The number of hydrogen-bond acceptors (Lipinski definition) is 3. The molecule has 0 bridgehead atoms. The molecule has 1 atom stereocenters. The van der Waals surface area contributed by atoms with Gasteiger partial charge in [-0.1, -0.05) is 59.4 Å². The number of benzene rings is 2. The van der Waals surface area contributed by atoms with Crippen LogP contribution in [0.3, 0.4) is 0 Å². The smallest absolute Gasteiger partial charge is 0.261 e. The zero-order chi connectivity index (χ0) is 22.3. The van der Waals surface area contributed by atoms with Crippen LogP contribution in [0.2, 0.25) is 20.1 Å². The van der Waals surface area contributed by atoms with E-state index in [1.807, 2.05) is 6.92 Å². The number of carbonyl (C=O) groups is 2. The van der Waals surface area contributed by atoms with Crippen molar-refractivity contribution in [2.24, 2.45) is 0 Å². The quantitative estimate of drug-likeness (QED) is 0.495. The van der Waals surface area contributed by atoms with E-state index in [2.05, 4.69) is 5.32 Å². The van der Waals surface area contributed by atoms with Gasteiger partial charge in [0.1, 0.15) is 11.8 Å². The standard InChI is InChI=1S/C21H22Cl4N2O3/c1-3-8-26-21(29)13(2)27(11-14-4-5-15(22)9-17(14)24)20(28)12-30-19-7-6-16(23)10-18(19)25/h4-7,9-10,13H,3,8,11-12H2,1-2H3,(H,26,29)/t13-/m0/s1. The molecule has 0 saturated carbocycles. The highest BCUT2D eigenvalue weighted by atomic mass is 35.5. The van der Waals surface area contributed by atoms with E-state index in [0.29, 0.717) is 32.9 Å². The summed E-state index contributed by atoms with van der Waals surface area (Å²) in [6, 6.07) is 8.97. The van der Waals surface area contributed by atoms with Crippen LogP contribution in [0.4, 0.5) is 0 Å². The summed E-state index contributed by atoms with van der Waals surface area (Å²) < 4.78 is 5.57. The van der Waals surface area contributed by atoms with E-state index in [9.17, 15) is 9.59 Å². The molecule has 0 aliphatic rings. The minimum Gasteiger partial charge on any atom is -0.482 e. The molecule has 0 radical (unpaired) electrons. The van der Waals surface area contributed by atoms with Crippen molar-refractivity contribution in [1.29, 1.82) is 0 Å². The highest BCUT2D eigenvalue weighted by Crippen LogP contribution is 2.28. The monoisotopic (exact) mass is 490 g/mol.